The topological polar surface area (TPSA) is 83.6 Å². The van der Waals surface area contributed by atoms with Crippen molar-refractivity contribution in [3.05, 3.63) is 0 Å². The molecule has 1 aliphatic rings. The maximum Gasteiger partial charge on any atom is 0.303 e. The van der Waals surface area contributed by atoms with Gasteiger partial charge in [0, 0.05) is 19.0 Å². The van der Waals surface area contributed by atoms with E-state index in [4.69, 9.17) is 10.8 Å². The van der Waals surface area contributed by atoms with Crippen molar-refractivity contribution in [1.29, 1.82) is 0 Å². The van der Waals surface area contributed by atoms with Crippen molar-refractivity contribution in [3.63, 3.8) is 0 Å². The van der Waals surface area contributed by atoms with Gasteiger partial charge in [-0.1, -0.05) is 6.92 Å². The lowest BCUT2D eigenvalue weighted by Gasteiger charge is -2.39. The van der Waals surface area contributed by atoms with Crippen LogP contribution < -0.4 is 5.73 Å². The first-order valence-electron chi connectivity index (χ1n) is 4.80. The Morgan fingerprint density at radius 2 is 2.14 bits per heavy atom. The molecule has 0 spiro atoms. The number of carbonyl (C=O) groups excluding carboxylic acids is 1. The van der Waals surface area contributed by atoms with Crippen molar-refractivity contribution in [2.75, 3.05) is 13.1 Å². The van der Waals surface area contributed by atoms with Crippen molar-refractivity contribution in [2.24, 2.45) is 11.7 Å². The average Bonchev–Trinajstić information content (AvgIpc) is 2.07. The van der Waals surface area contributed by atoms with Crippen molar-refractivity contribution in [3.8, 4) is 0 Å². The van der Waals surface area contributed by atoms with Crippen LogP contribution in [0.5, 0.6) is 0 Å². The summed E-state index contributed by atoms with van der Waals surface area (Å²) in [4.78, 5) is 23.4. The van der Waals surface area contributed by atoms with Crippen LogP contribution in [0.4, 0.5) is 0 Å². The second-order valence-corrected chi connectivity index (χ2v) is 3.72. The van der Waals surface area contributed by atoms with E-state index in [1.807, 2.05) is 6.92 Å². The van der Waals surface area contributed by atoms with E-state index < -0.39 is 12.0 Å². The molecule has 1 saturated heterocycles. The Balaban J connectivity index is 2.27. The SMILES string of the molecule is CC[C@@H](N)C(=O)N1CC(CC(=O)O)C1. The lowest BCUT2D eigenvalue weighted by Crippen LogP contribution is -2.55. The lowest BCUT2D eigenvalue weighted by molar-refractivity contribution is -0.145. The molecule has 1 fully saturated rings. The molecule has 5 nitrogen and oxygen atoms in total. The summed E-state index contributed by atoms with van der Waals surface area (Å²) in [7, 11) is 0. The summed E-state index contributed by atoms with van der Waals surface area (Å²) in [5, 5.41) is 8.50. The zero-order valence-electron chi connectivity index (χ0n) is 8.27. The number of amides is 1. The van der Waals surface area contributed by atoms with E-state index in [-0.39, 0.29) is 18.2 Å². The number of nitrogens with two attached hydrogens (primary N) is 1. The Morgan fingerprint density at radius 1 is 1.57 bits per heavy atom. The van der Waals surface area contributed by atoms with Crippen LogP contribution in [0.1, 0.15) is 19.8 Å². The smallest absolute Gasteiger partial charge is 0.303 e. The molecule has 1 amide bonds. The minimum Gasteiger partial charge on any atom is -0.481 e. The van der Waals surface area contributed by atoms with Gasteiger partial charge in [0.05, 0.1) is 12.5 Å². The normalized spacial score (nSPS) is 18.9. The molecule has 5 heteroatoms. The fraction of sp³-hybridized carbons (Fsp3) is 0.778. The van der Waals surface area contributed by atoms with Gasteiger partial charge in [0.1, 0.15) is 0 Å². The third-order valence-electron chi connectivity index (χ3n) is 2.49. The van der Waals surface area contributed by atoms with Gasteiger partial charge in [0.15, 0.2) is 0 Å². The Bertz CT molecular complexity index is 236. The van der Waals surface area contributed by atoms with E-state index in [1.54, 1.807) is 4.90 Å². The summed E-state index contributed by atoms with van der Waals surface area (Å²) in [5.74, 6) is -0.753. The number of hydrogen-bond donors (Lipinski definition) is 2. The van der Waals surface area contributed by atoms with E-state index >= 15 is 0 Å². The van der Waals surface area contributed by atoms with Crippen LogP contribution in [0, 0.1) is 5.92 Å². The van der Waals surface area contributed by atoms with Crippen LogP contribution in [-0.4, -0.2) is 41.0 Å². The first kappa shape index (κ1) is 11.0. The van der Waals surface area contributed by atoms with Crippen LogP contribution in [0.15, 0.2) is 0 Å². The summed E-state index contributed by atoms with van der Waals surface area (Å²) >= 11 is 0. The lowest BCUT2D eigenvalue weighted by atomic mass is 9.95. The van der Waals surface area contributed by atoms with E-state index in [0.717, 1.165) is 0 Å². The molecule has 1 atom stereocenters. The van der Waals surface area contributed by atoms with E-state index in [2.05, 4.69) is 0 Å². The maximum atomic E-state index is 11.4. The molecule has 0 unspecified atom stereocenters. The van der Waals surface area contributed by atoms with Gasteiger partial charge in [-0.05, 0) is 6.42 Å². The number of aliphatic carboxylic acids is 1. The number of carboxylic acids is 1. The van der Waals surface area contributed by atoms with E-state index in [9.17, 15) is 9.59 Å². The molecule has 14 heavy (non-hydrogen) atoms. The predicted octanol–water partition coefficient (Wildman–Crippen LogP) is -0.343. The van der Waals surface area contributed by atoms with Crippen LogP contribution in [0.2, 0.25) is 0 Å². The molecule has 1 rings (SSSR count). The standard InChI is InChI=1S/C9H16N2O3/c1-2-7(10)9(14)11-4-6(5-11)3-8(12)13/h6-7H,2-5,10H2,1H3,(H,12,13)/t7-/m1/s1. The molecule has 0 saturated carbocycles. The highest BCUT2D eigenvalue weighted by Crippen LogP contribution is 2.19. The quantitative estimate of drug-likeness (QED) is 0.650. The second-order valence-electron chi connectivity index (χ2n) is 3.72. The molecule has 0 bridgehead atoms. The summed E-state index contributed by atoms with van der Waals surface area (Å²) in [6.07, 6.45) is 0.768. The summed E-state index contributed by atoms with van der Waals surface area (Å²) < 4.78 is 0. The van der Waals surface area contributed by atoms with Gasteiger partial charge in [0.2, 0.25) is 5.91 Å². The molecule has 0 radical (unpaired) electrons. The summed E-state index contributed by atoms with van der Waals surface area (Å²) in [6.45, 7) is 2.94. The Kier molecular flexibility index (Phi) is 3.46. The van der Waals surface area contributed by atoms with Gasteiger partial charge in [-0.3, -0.25) is 9.59 Å². The van der Waals surface area contributed by atoms with Crippen LogP contribution >= 0.6 is 0 Å². The van der Waals surface area contributed by atoms with E-state index in [0.29, 0.717) is 19.5 Å². The Labute approximate surface area is 82.9 Å². The van der Waals surface area contributed by atoms with Crippen molar-refractivity contribution in [1.82, 2.24) is 4.90 Å². The summed E-state index contributed by atoms with van der Waals surface area (Å²) in [5.41, 5.74) is 5.57. The highest BCUT2D eigenvalue weighted by atomic mass is 16.4. The Morgan fingerprint density at radius 3 is 2.57 bits per heavy atom. The maximum absolute atomic E-state index is 11.4. The van der Waals surface area contributed by atoms with Crippen molar-refractivity contribution < 1.29 is 14.7 Å². The number of rotatable bonds is 4. The van der Waals surface area contributed by atoms with Gasteiger partial charge in [-0.25, -0.2) is 0 Å². The third kappa shape index (κ3) is 2.45. The Hall–Kier alpha value is -1.10. The monoisotopic (exact) mass is 200 g/mol. The highest BCUT2D eigenvalue weighted by Gasteiger charge is 2.33. The first-order chi connectivity index (χ1) is 6.54. The molecule has 3 N–H and O–H groups in total. The number of carboxylic acid groups (broad SMARTS) is 1. The molecule has 1 heterocycles. The number of likely N-dealkylation sites (tertiary alicyclic amines) is 1. The fourth-order valence-corrected chi connectivity index (χ4v) is 1.53. The van der Waals surface area contributed by atoms with Crippen LogP contribution in [0.25, 0.3) is 0 Å². The number of nitrogens with zero attached hydrogens (tertiary/aromatic N) is 1. The van der Waals surface area contributed by atoms with Crippen LogP contribution in [0.3, 0.4) is 0 Å². The van der Waals surface area contributed by atoms with Gasteiger partial charge in [0.25, 0.3) is 0 Å². The van der Waals surface area contributed by atoms with Crippen molar-refractivity contribution in [2.45, 2.75) is 25.8 Å². The molecule has 0 aromatic heterocycles. The van der Waals surface area contributed by atoms with Gasteiger partial charge < -0.3 is 15.7 Å². The second kappa shape index (κ2) is 4.41. The first-order valence-corrected chi connectivity index (χ1v) is 4.80. The number of carbonyl (C=O) groups is 2. The number of hydrogen-bond acceptors (Lipinski definition) is 3. The zero-order valence-corrected chi connectivity index (χ0v) is 8.27. The minimum atomic E-state index is -0.804. The minimum absolute atomic E-state index is 0.0610. The summed E-state index contributed by atoms with van der Waals surface area (Å²) in [6, 6.07) is -0.430. The largest absolute Gasteiger partial charge is 0.481 e. The predicted molar refractivity (Wildman–Crippen MR) is 50.6 cm³/mol. The van der Waals surface area contributed by atoms with Gasteiger partial charge >= 0.3 is 5.97 Å². The van der Waals surface area contributed by atoms with Crippen LogP contribution in [-0.2, 0) is 9.59 Å². The molecule has 0 aliphatic carbocycles. The molecule has 1 aliphatic heterocycles. The molecular formula is C9H16N2O3. The van der Waals surface area contributed by atoms with E-state index in [1.165, 1.54) is 0 Å². The molecule has 80 valence electrons. The highest BCUT2D eigenvalue weighted by molar-refractivity contribution is 5.82. The van der Waals surface area contributed by atoms with Crippen molar-refractivity contribution >= 4 is 11.9 Å². The fourth-order valence-electron chi connectivity index (χ4n) is 1.53. The third-order valence-corrected chi connectivity index (χ3v) is 2.49. The van der Waals surface area contributed by atoms with Gasteiger partial charge in [-0.2, -0.15) is 0 Å². The van der Waals surface area contributed by atoms with Gasteiger partial charge in [-0.15, -0.1) is 0 Å². The molecular weight excluding hydrogens is 184 g/mol. The average molecular weight is 200 g/mol. The zero-order chi connectivity index (χ0) is 10.7. The molecule has 0 aromatic rings. The molecule has 0 aromatic carbocycles.